The third-order valence-electron chi connectivity index (χ3n) is 3.80. The highest BCUT2D eigenvalue weighted by Gasteiger charge is 2.40. The molecule has 0 spiro atoms. The Balaban J connectivity index is 2.67. The molecule has 4 heteroatoms. The minimum atomic E-state index is -0.0197. The summed E-state index contributed by atoms with van der Waals surface area (Å²) in [6.07, 6.45) is 2.23. The summed E-state index contributed by atoms with van der Waals surface area (Å²) < 4.78 is 5.55. The normalized spacial score (nSPS) is 27.6. The van der Waals surface area contributed by atoms with Gasteiger partial charge in [0.1, 0.15) is 0 Å². The van der Waals surface area contributed by atoms with Crippen molar-refractivity contribution in [1.82, 2.24) is 10.2 Å². The third-order valence-corrected chi connectivity index (χ3v) is 3.80. The Hall–Kier alpha value is -0.610. The van der Waals surface area contributed by atoms with E-state index in [0.717, 1.165) is 12.8 Å². The maximum Gasteiger partial charge on any atom is 0.241 e. The maximum atomic E-state index is 12.4. The van der Waals surface area contributed by atoms with Crippen LogP contribution in [0.25, 0.3) is 0 Å². The van der Waals surface area contributed by atoms with Crippen LogP contribution in [0.5, 0.6) is 0 Å². The van der Waals surface area contributed by atoms with Crippen molar-refractivity contribution in [2.24, 2.45) is 5.92 Å². The quantitative estimate of drug-likeness (QED) is 0.757. The fourth-order valence-corrected chi connectivity index (χ4v) is 2.51. The second kappa shape index (κ2) is 7.10. The van der Waals surface area contributed by atoms with Gasteiger partial charge in [0, 0.05) is 13.2 Å². The zero-order valence-corrected chi connectivity index (χ0v) is 12.4. The number of rotatable bonds is 7. The van der Waals surface area contributed by atoms with Crippen molar-refractivity contribution < 1.29 is 9.53 Å². The van der Waals surface area contributed by atoms with Crippen LogP contribution in [0.15, 0.2) is 0 Å². The van der Waals surface area contributed by atoms with Crippen LogP contribution in [-0.2, 0) is 9.53 Å². The Kier molecular flexibility index (Phi) is 6.09. The predicted octanol–water partition coefficient (Wildman–Crippen LogP) is 1.99. The average Bonchev–Trinajstić information content (AvgIpc) is 2.66. The molecule has 1 aliphatic rings. The Bertz CT molecular complexity index is 271. The molecule has 18 heavy (non-hydrogen) atoms. The number of hydrogen-bond acceptors (Lipinski definition) is 3. The first-order chi connectivity index (χ1) is 8.54. The monoisotopic (exact) mass is 256 g/mol. The van der Waals surface area contributed by atoms with Crippen LogP contribution in [0.1, 0.15) is 47.5 Å². The molecule has 0 aliphatic carbocycles. The van der Waals surface area contributed by atoms with Gasteiger partial charge in [0.2, 0.25) is 5.91 Å². The van der Waals surface area contributed by atoms with Gasteiger partial charge in [-0.3, -0.25) is 10.1 Å². The van der Waals surface area contributed by atoms with E-state index < -0.39 is 0 Å². The number of nitrogens with zero attached hydrogens (tertiary/aromatic N) is 1. The number of amides is 1. The van der Waals surface area contributed by atoms with Crippen LogP contribution in [0.2, 0.25) is 0 Å². The average molecular weight is 256 g/mol. The molecule has 106 valence electrons. The first kappa shape index (κ1) is 15.4. The van der Waals surface area contributed by atoms with Gasteiger partial charge in [0.25, 0.3) is 0 Å². The van der Waals surface area contributed by atoms with Crippen molar-refractivity contribution in [3.8, 4) is 0 Å². The second-order valence-electron chi connectivity index (χ2n) is 5.21. The fraction of sp³-hybridized carbons (Fsp3) is 0.929. The van der Waals surface area contributed by atoms with Crippen molar-refractivity contribution in [2.45, 2.75) is 65.8 Å². The SMILES string of the molecule is CCOC(C)CN1C(=O)C(C(C)CC)NC1CC. The van der Waals surface area contributed by atoms with Gasteiger partial charge in [-0.05, 0) is 26.2 Å². The number of carbonyl (C=O) groups is 1. The van der Waals surface area contributed by atoms with Crippen LogP contribution in [0.3, 0.4) is 0 Å². The highest BCUT2D eigenvalue weighted by atomic mass is 16.5. The van der Waals surface area contributed by atoms with Gasteiger partial charge in [0.15, 0.2) is 0 Å². The van der Waals surface area contributed by atoms with Gasteiger partial charge in [-0.25, -0.2) is 0 Å². The lowest BCUT2D eigenvalue weighted by Gasteiger charge is -2.26. The highest BCUT2D eigenvalue weighted by molar-refractivity contribution is 5.84. The van der Waals surface area contributed by atoms with Crippen LogP contribution in [0, 0.1) is 5.92 Å². The Morgan fingerprint density at radius 3 is 2.50 bits per heavy atom. The molecule has 1 saturated heterocycles. The van der Waals surface area contributed by atoms with Crippen LogP contribution >= 0.6 is 0 Å². The molecule has 0 bridgehead atoms. The molecule has 1 N–H and O–H groups in total. The molecular formula is C14H28N2O2. The van der Waals surface area contributed by atoms with E-state index in [-0.39, 0.29) is 24.2 Å². The van der Waals surface area contributed by atoms with E-state index in [9.17, 15) is 4.79 Å². The molecule has 4 nitrogen and oxygen atoms in total. The Labute approximate surface area is 111 Å². The molecule has 4 unspecified atom stereocenters. The van der Waals surface area contributed by atoms with E-state index in [1.807, 2.05) is 18.7 Å². The minimum Gasteiger partial charge on any atom is -0.377 e. The minimum absolute atomic E-state index is 0.0197. The molecule has 4 atom stereocenters. The lowest BCUT2D eigenvalue weighted by Crippen LogP contribution is -2.41. The molecule has 0 aromatic heterocycles. The fourth-order valence-electron chi connectivity index (χ4n) is 2.51. The molecule has 1 fully saturated rings. The summed E-state index contributed by atoms with van der Waals surface area (Å²) in [5, 5.41) is 3.46. The summed E-state index contributed by atoms with van der Waals surface area (Å²) in [5.41, 5.74) is 0. The van der Waals surface area contributed by atoms with Crippen LogP contribution < -0.4 is 5.32 Å². The molecule has 0 aromatic rings. The van der Waals surface area contributed by atoms with E-state index in [0.29, 0.717) is 19.1 Å². The molecule has 1 rings (SSSR count). The smallest absolute Gasteiger partial charge is 0.241 e. The second-order valence-corrected chi connectivity index (χ2v) is 5.21. The highest BCUT2D eigenvalue weighted by Crippen LogP contribution is 2.21. The van der Waals surface area contributed by atoms with Crippen molar-refractivity contribution in [3.05, 3.63) is 0 Å². The summed E-state index contributed by atoms with van der Waals surface area (Å²) in [6, 6.07) is -0.0197. The van der Waals surface area contributed by atoms with Gasteiger partial charge in [-0.15, -0.1) is 0 Å². The summed E-state index contributed by atoms with van der Waals surface area (Å²) in [7, 11) is 0. The van der Waals surface area contributed by atoms with Crippen LogP contribution in [0.4, 0.5) is 0 Å². The summed E-state index contributed by atoms with van der Waals surface area (Å²) >= 11 is 0. The standard InChI is InChI=1S/C14H28N2O2/c1-6-10(4)13-14(17)16(12(7-2)15-13)9-11(5)18-8-3/h10-13,15H,6-9H2,1-5H3. The molecule has 1 heterocycles. The molecule has 1 aliphatic heterocycles. The number of ether oxygens (including phenoxy) is 1. The summed E-state index contributed by atoms with van der Waals surface area (Å²) in [4.78, 5) is 14.4. The third kappa shape index (κ3) is 3.45. The number of hydrogen-bond donors (Lipinski definition) is 1. The molecule has 0 aromatic carbocycles. The maximum absolute atomic E-state index is 12.4. The first-order valence-corrected chi connectivity index (χ1v) is 7.23. The molecular weight excluding hydrogens is 228 g/mol. The largest absolute Gasteiger partial charge is 0.377 e. The zero-order chi connectivity index (χ0) is 13.7. The van der Waals surface area contributed by atoms with Gasteiger partial charge < -0.3 is 9.64 Å². The van der Waals surface area contributed by atoms with Crippen molar-refractivity contribution >= 4 is 5.91 Å². The van der Waals surface area contributed by atoms with Crippen LogP contribution in [-0.4, -0.2) is 42.3 Å². The van der Waals surface area contributed by atoms with E-state index in [1.54, 1.807) is 0 Å². The van der Waals surface area contributed by atoms with Gasteiger partial charge in [0.05, 0.1) is 18.3 Å². The van der Waals surface area contributed by atoms with Crippen molar-refractivity contribution in [3.63, 3.8) is 0 Å². The van der Waals surface area contributed by atoms with E-state index in [1.165, 1.54) is 0 Å². The van der Waals surface area contributed by atoms with Gasteiger partial charge >= 0.3 is 0 Å². The molecule has 1 amide bonds. The number of nitrogens with one attached hydrogen (secondary N) is 1. The van der Waals surface area contributed by atoms with E-state index in [4.69, 9.17) is 4.74 Å². The Morgan fingerprint density at radius 1 is 1.33 bits per heavy atom. The molecule has 0 saturated carbocycles. The predicted molar refractivity (Wildman–Crippen MR) is 73.3 cm³/mol. The summed E-state index contributed by atoms with van der Waals surface area (Å²) in [5.74, 6) is 0.627. The lowest BCUT2D eigenvalue weighted by atomic mass is 9.99. The van der Waals surface area contributed by atoms with Crippen molar-refractivity contribution in [2.75, 3.05) is 13.2 Å². The van der Waals surface area contributed by atoms with Gasteiger partial charge in [-0.1, -0.05) is 27.2 Å². The Morgan fingerprint density at radius 2 is 2.00 bits per heavy atom. The van der Waals surface area contributed by atoms with E-state index >= 15 is 0 Å². The molecule has 0 radical (unpaired) electrons. The first-order valence-electron chi connectivity index (χ1n) is 7.23. The summed E-state index contributed by atoms with van der Waals surface area (Å²) in [6.45, 7) is 11.8. The van der Waals surface area contributed by atoms with E-state index in [2.05, 4.69) is 26.1 Å². The van der Waals surface area contributed by atoms with Crippen molar-refractivity contribution in [1.29, 1.82) is 0 Å². The van der Waals surface area contributed by atoms with Gasteiger partial charge in [-0.2, -0.15) is 0 Å². The topological polar surface area (TPSA) is 41.6 Å². The zero-order valence-electron chi connectivity index (χ0n) is 12.4. The number of carbonyl (C=O) groups excluding carboxylic acids is 1. The lowest BCUT2D eigenvalue weighted by molar-refractivity contribution is -0.132.